The molecule has 0 spiro atoms. The molecule has 0 aromatic carbocycles. The highest BCUT2D eigenvalue weighted by molar-refractivity contribution is 5.12. The van der Waals surface area contributed by atoms with Crippen molar-refractivity contribution in [3.05, 3.63) is 23.8 Å². The molecular weight excluding hydrogens is 145 g/mol. The number of hydrogen-bond donors (Lipinski definition) is 2. The average molecular weight is 153 g/mol. The zero-order valence-electron chi connectivity index (χ0n) is 5.84. The molecular formula is C7H8FN3. The van der Waals surface area contributed by atoms with Gasteiger partial charge in [-0.25, -0.2) is 4.39 Å². The van der Waals surface area contributed by atoms with E-state index in [1.165, 1.54) is 12.3 Å². The van der Waals surface area contributed by atoms with Crippen molar-refractivity contribution < 1.29 is 4.39 Å². The second-order valence-electron chi connectivity index (χ2n) is 2.21. The Morgan fingerprint density at radius 2 is 2.55 bits per heavy atom. The van der Waals surface area contributed by atoms with Crippen molar-refractivity contribution in [3.8, 4) is 6.07 Å². The molecule has 58 valence electrons. The molecule has 3 N–H and O–H groups in total. The van der Waals surface area contributed by atoms with Crippen molar-refractivity contribution in [2.45, 2.75) is 12.5 Å². The topological polar surface area (TPSA) is 65.6 Å². The third-order valence-electron chi connectivity index (χ3n) is 1.41. The molecule has 1 rings (SSSR count). The molecule has 0 saturated carbocycles. The first-order chi connectivity index (χ1) is 5.25. The summed E-state index contributed by atoms with van der Waals surface area (Å²) in [5.41, 5.74) is 5.75. The van der Waals surface area contributed by atoms with E-state index >= 15 is 0 Å². The van der Waals surface area contributed by atoms with Crippen molar-refractivity contribution >= 4 is 0 Å². The van der Waals surface area contributed by atoms with Gasteiger partial charge in [0.1, 0.15) is 5.82 Å². The largest absolute Gasteiger partial charge is 0.361 e. The predicted molar refractivity (Wildman–Crippen MR) is 37.9 cm³/mol. The zero-order valence-corrected chi connectivity index (χ0v) is 5.84. The standard InChI is InChI=1S/C7H8FN3/c8-5-2-4-11-7(5)6(10)1-3-9/h2,4,6,11H,1,10H2. The van der Waals surface area contributed by atoms with Gasteiger partial charge >= 0.3 is 0 Å². The van der Waals surface area contributed by atoms with Crippen LogP contribution in [0.5, 0.6) is 0 Å². The van der Waals surface area contributed by atoms with Gasteiger partial charge < -0.3 is 10.7 Å². The molecule has 0 aliphatic carbocycles. The molecule has 3 nitrogen and oxygen atoms in total. The van der Waals surface area contributed by atoms with Gasteiger partial charge in [0.2, 0.25) is 0 Å². The van der Waals surface area contributed by atoms with E-state index < -0.39 is 6.04 Å². The Hall–Kier alpha value is -1.34. The second kappa shape index (κ2) is 3.17. The smallest absolute Gasteiger partial charge is 0.145 e. The van der Waals surface area contributed by atoms with E-state index in [2.05, 4.69) is 4.98 Å². The summed E-state index contributed by atoms with van der Waals surface area (Å²) in [7, 11) is 0. The number of nitrogens with two attached hydrogens (primary N) is 1. The normalized spacial score (nSPS) is 12.5. The molecule has 4 heteroatoms. The maximum Gasteiger partial charge on any atom is 0.145 e. The molecule has 11 heavy (non-hydrogen) atoms. The minimum absolute atomic E-state index is 0.122. The van der Waals surface area contributed by atoms with Crippen molar-refractivity contribution in [1.29, 1.82) is 5.26 Å². The van der Waals surface area contributed by atoms with E-state index in [9.17, 15) is 4.39 Å². The molecule has 0 aliphatic heterocycles. The molecule has 1 atom stereocenters. The van der Waals surface area contributed by atoms with Crippen LogP contribution in [0.2, 0.25) is 0 Å². The Balaban J connectivity index is 2.77. The van der Waals surface area contributed by atoms with Crippen LogP contribution >= 0.6 is 0 Å². The number of H-pyrrole nitrogens is 1. The van der Waals surface area contributed by atoms with Crippen LogP contribution in [0.15, 0.2) is 12.3 Å². The highest BCUT2D eigenvalue weighted by Gasteiger charge is 2.10. The molecule has 1 aromatic rings. The first-order valence-electron chi connectivity index (χ1n) is 3.21. The molecule has 0 aliphatic rings. The van der Waals surface area contributed by atoms with E-state index in [4.69, 9.17) is 11.0 Å². The van der Waals surface area contributed by atoms with E-state index in [1.54, 1.807) is 0 Å². The maximum atomic E-state index is 12.7. The van der Waals surface area contributed by atoms with Crippen molar-refractivity contribution in [3.63, 3.8) is 0 Å². The van der Waals surface area contributed by atoms with Crippen LogP contribution in [0.4, 0.5) is 4.39 Å². The van der Waals surface area contributed by atoms with Crippen LogP contribution in [-0.2, 0) is 0 Å². The summed E-state index contributed by atoms with van der Waals surface area (Å²) in [4.78, 5) is 2.64. The lowest BCUT2D eigenvalue weighted by Gasteiger charge is -2.03. The number of nitriles is 1. The van der Waals surface area contributed by atoms with Crippen LogP contribution in [-0.4, -0.2) is 4.98 Å². The first-order valence-corrected chi connectivity index (χ1v) is 3.21. The number of aromatic nitrogens is 1. The van der Waals surface area contributed by atoms with Gasteiger partial charge in [-0.3, -0.25) is 0 Å². The molecule has 0 bridgehead atoms. The Kier molecular flexibility index (Phi) is 2.24. The van der Waals surface area contributed by atoms with E-state index in [1.807, 2.05) is 6.07 Å². The van der Waals surface area contributed by atoms with Crippen LogP contribution in [0.3, 0.4) is 0 Å². The average Bonchev–Trinajstić information content (AvgIpc) is 2.36. The highest BCUT2D eigenvalue weighted by atomic mass is 19.1. The molecule has 1 unspecified atom stereocenters. The summed E-state index contributed by atoms with van der Waals surface area (Å²) < 4.78 is 12.7. The van der Waals surface area contributed by atoms with Gasteiger partial charge in [-0.2, -0.15) is 5.26 Å². The fourth-order valence-corrected chi connectivity index (χ4v) is 0.848. The number of hydrogen-bond acceptors (Lipinski definition) is 2. The summed E-state index contributed by atoms with van der Waals surface area (Å²) >= 11 is 0. The second-order valence-corrected chi connectivity index (χ2v) is 2.21. The minimum Gasteiger partial charge on any atom is -0.361 e. The maximum absolute atomic E-state index is 12.7. The van der Waals surface area contributed by atoms with E-state index in [-0.39, 0.29) is 12.2 Å². The molecule has 0 amide bonds. The highest BCUT2D eigenvalue weighted by Crippen LogP contribution is 2.14. The Morgan fingerprint density at radius 1 is 1.82 bits per heavy atom. The van der Waals surface area contributed by atoms with Crippen molar-refractivity contribution in [2.75, 3.05) is 0 Å². The summed E-state index contributed by atoms with van der Waals surface area (Å²) in [5.74, 6) is -0.382. The monoisotopic (exact) mass is 153 g/mol. The van der Waals surface area contributed by atoms with Crippen LogP contribution in [0.1, 0.15) is 18.2 Å². The zero-order chi connectivity index (χ0) is 8.27. The van der Waals surface area contributed by atoms with Gasteiger partial charge in [0.25, 0.3) is 0 Å². The fourth-order valence-electron chi connectivity index (χ4n) is 0.848. The number of aromatic amines is 1. The third-order valence-corrected chi connectivity index (χ3v) is 1.41. The number of nitrogens with one attached hydrogen (secondary N) is 1. The third kappa shape index (κ3) is 1.57. The molecule has 1 heterocycles. The SMILES string of the molecule is N#CCC(N)c1[nH]ccc1F. The number of halogens is 1. The molecule has 0 saturated heterocycles. The minimum atomic E-state index is -0.546. The van der Waals surface area contributed by atoms with Gasteiger partial charge in [0, 0.05) is 6.20 Å². The van der Waals surface area contributed by atoms with Gasteiger partial charge in [-0.15, -0.1) is 0 Å². The Labute approximate surface area is 63.6 Å². The van der Waals surface area contributed by atoms with Gasteiger partial charge in [0.05, 0.1) is 24.2 Å². The predicted octanol–water partition coefficient (Wildman–Crippen LogP) is 1.07. The Bertz CT molecular complexity index is 273. The lowest BCUT2D eigenvalue weighted by molar-refractivity contribution is 0.581. The lowest BCUT2D eigenvalue weighted by Crippen LogP contribution is -2.10. The van der Waals surface area contributed by atoms with Crippen LogP contribution in [0, 0.1) is 17.1 Å². The summed E-state index contributed by atoms with van der Waals surface area (Å²) in [6.07, 6.45) is 1.58. The Morgan fingerprint density at radius 3 is 3.00 bits per heavy atom. The van der Waals surface area contributed by atoms with Crippen LogP contribution in [0.25, 0.3) is 0 Å². The van der Waals surface area contributed by atoms with Gasteiger partial charge in [0.15, 0.2) is 0 Å². The lowest BCUT2D eigenvalue weighted by atomic mass is 10.2. The van der Waals surface area contributed by atoms with Crippen molar-refractivity contribution in [1.82, 2.24) is 4.98 Å². The molecule has 1 aromatic heterocycles. The van der Waals surface area contributed by atoms with Gasteiger partial charge in [-0.05, 0) is 6.07 Å². The van der Waals surface area contributed by atoms with Crippen molar-refractivity contribution in [2.24, 2.45) is 5.73 Å². The summed E-state index contributed by atoms with van der Waals surface area (Å²) in [5, 5.41) is 8.26. The quantitative estimate of drug-likeness (QED) is 0.667. The fraction of sp³-hybridized carbons (Fsp3) is 0.286. The van der Waals surface area contributed by atoms with E-state index in [0.717, 1.165) is 0 Å². The molecule has 0 fully saturated rings. The first kappa shape index (κ1) is 7.76. The van der Waals surface area contributed by atoms with Crippen LogP contribution < -0.4 is 5.73 Å². The summed E-state index contributed by atoms with van der Waals surface area (Å²) in [6, 6.07) is 2.61. The number of rotatable bonds is 2. The van der Waals surface area contributed by atoms with Gasteiger partial charge in [-0.1, -0.05) is 0 Å². The number of nitrogens with zero attached hydrogens (tertiary/aromatic N) is 1. The summed E-state index contributed by atoms with van der Waals surface area (Å²) in [6.45, 7) is 0. The molecule has 0 radical (unpaired) electrons. The van der Waals surface area contributed by atoms with E-state index in [0.29, 0.717) is 5.69 Å².